The van der Waals surface area contributed by atoms with Gasteiger partial charge in [-0.15, -0.1) is 22.7 Å². The summed E-state index contributed by atoms with van der Waals surface area (Å²) >= 11 is 2.47. The summed E-state index contributed by atoms with van der Waals surface area (Å²) in [6.45, 7) is 0.154. The second kappa shape index (κ2) is 8.59. The van der Waals surface area contributed by atoms with Crippen molar-refractivity contribution >= 4 is 43.7 Å². The van der Waals surface area contributed by atoms with Crippen molar-refractivity contribution < 1.29 is 13.2 Å². The van der Waals surface area contributed by atoms with E-state index in [1.54, 1.807) is 17.5 Å². The van der Waals surface area contributed by atoms with Crippen LogP contribution >= 0.6 is 22.7 Å². The summed E-state index contributed by atoms with van der Waals surface area (Å²) in [5.74, 6) is -0.381. The first-order valence-electron chi connectivity index (χ1n) is 9.96. The molecule has 3 heterocycles. The van der Waals surface area contributed by atoms with Crippen molar-refractivity contribution in [2.24, 2.45) is 0 Å². The van der Waals surface area contributed by atoms with Crippen LogP contribution < -0.4 is 5.32 Å². The van der Waals surface area contributed by atoms with Crippen molar-refractivity contribution in [3.8, 4) is 11.3 Å². The van der Waals surface area contributed by atoms with Crippen molar-refractivity contribution in [3.05, 3.63) is 88.6 Å². The highest BCUT2D eigenvalue weighted by Gasteiger charge is 2.40. The van der Waals surface area contributed by atoms with Gasteiger partial charge in [0.25, 0.3) is 10.0 Å². The zero-order chi connectivity index (χ0) is 22.1. The number of fused-ring (bicyclic) bond motifs is 1. The van der Waals surface area contributed by atoms with Crippen molar-refractivity contribution in [3.63, 3.8) is 0 Å². The van der Waals surface area contributed by atoms with E-state index in [2.05, 4.69) is 10.3 Å². The number of anilines is 1. The predicted octanol–water partition coefficient (Wildman–Crippen LogP) is 4.63. The molecule has 0 bridgehead atoms. The maximum Gasteiger partial charge on any atom is 0.253 e. The molecule has 0 fully saturated rings. The molecule has 162 valence electrons. The van der Waals surface area contributed by atoms with Gasteiger partial charge in [0.05, 0.1) is 5.69 Å². The molecule has 0 unspecified atom stereocenters. The molecule has 0 saturated carbocycles. The van der Waals surface area contributed by atoms with Gasteiger partial charge in [-0.3, -0.25) is 4.79 Å². The van der Waals surface area contributed by atoms with Gasteiger partial charge < -0.3 is 5.32 Å². The van der Waals surface area contributed by atoms with Gasteiger partial charge in [0.2, 0.25) is 5.91 Å². The molecule has 0 radical (unpaired) electrons. The summed E-state index contributed by atoms with van der Waals surface area (Å²) in [5, 5.41) is 6.89. The number of hydrogen-bond acceptors (Lipinski definition) is 6. The van der Waals surface area contributed by atoms with Crippen LogP contribution in [0.1, 0.15) is 11.1 Å². The average Bonchev–Trinajstić information content (AvgIpc) is 3.52. The van der Waals surface area contributed by atoms with Crippen LogP contribution in [0.5, 0.6) is 0 Å². The number of nitrogens with zero attached hydrogens (tertiary/aromatic N) is 2. The highest BCUT2D eigenvalue weighted by Crippen LogP contribution is 2.32. The zero-order valence-electron chi connectivity index (χ0n) is 16.8. The Morgan fingerprint density at radius 1 is 0.969 bits per heavy atom. The smallest absolute Gasteiger partial charge is 0.253 e. The van der Waals surface area contributed by atoms with Crippen molar-refractivity contribution in [1.29, 1.82) is 0 Å². The number of amides is 1. The number of thiazole rings is 1. The molecule has 1 aliphatic rings. The standard InChI is InChI=1S/C23H19N3O3S3/c27-22(25-23-24-19(15-31-23)16-7-2-1-3-8-16)20-13-17-9-4-5-10-18(17)14-26(20)32(28,29)21-11-6-12-30-21/h1-12,15,20H,13-14H2,(H,24,25,27)/t20-/m0/s1. The Morgan fingerprint density at radius 2 is 1.72 bits per heavy atom. The van der Waals surface area contributed by atoms with Gasteiger partial charge >= 0.3 is 0 Å². The number of hydrogen-bond donors (Lipinski definition) is 1. The monoisotopic (exact) mass is 481 g/mol. The van der Waals surface area contributed by atoms with Crippen molar-refractivity contribution in [2.45, 2.75) is 23.2 Å². The minimum absolute atomic E-state index is 0.154. The number of aromatic nitrogens is 1. The molecule has 1 N–H and O–H groups in total. The van der Waals surface area contributed by atoms with Crippen LogP contribution in [-0.2, 0) is 27.8 Å². The van der Waals surface area contributed by atoms with E-state index in [1.165, 1.54) is 15.6 Å². The van der Waals surface area contributed by atoms with E-state index in [0.717, 1.165) is 33.7 Å². The van der Waals surface area contributed by atoms with Crippen LogP contribution in [0.2, 0.25) is 0 Å². The largest absolute Gasteiger partial charge is 0.301 e. The number of nitrogens with one attached hydrogen (secondary N) is 1. The van der Waals surface area contributed by atoms with Gasteiger partial charge in [-0.2, -0.15) is 4.31 Å². The predicted molar refractivity (Wildman–Crippen MR) is 127 cm³/mol. The quantitative estimate of drug-likeness (QED) is 0.451. The number of sulfonamides is 1. The number of carbonyl (C=O) groups is 1. The Morgan fingerprint density at radius 3 is 2.47 bits per heavy atom. The van der Waals surface area contributed by atoms with Crippen molar-refractivity contribution in [2.75, 3.05) is 5.32 Å². The Labute approximate surface area is 194 Å². The summed E-state index contributed by atoms with van der Waals surface area (Å²) in [6, 6.07) is 19.8. The van der Waals surface area contributed by atoms with Gasteiger partial charge in [0.1, 0.15) is 10.3 Å². The lowest BCUT2D eigenvalue weighted by Crippen LogP contribution is -2.50. The Hall–Kier alpha value is -2.85. The van der Waals surface area contributed by atoms with Gasteiger partial charge in [-0.25, -0.2) is 13.4 Å². The van der Waals surface area contributed by atoms with Gasteiger partial charge in [0.15, 0.2) is 5.13 Å². The summed E-state index contributed by atoms with van der Waals surface area (Å²) in [5.41, 5.74) is 3.62. The molecule has 0 aliphatic carbocycles. The van der Waals surface area contributed by atoms with E-state index in [0.29, 0.717) is 11.6 Å². The first kappa shape index (κ1) is 21.0. The third kappa shape index (κ3) is 4.00. The summed E-state index contributed by atoms with van der Waals surface area (Å²) in [4.78, 5) is 17.8. The summed E-state index contributed by atoms with van der Waals surface area (Å²) in [7, 11) is -3.81. The molecular weight excluding hydrogens is 462 g/mol. The molecule has 6 nitrogen and oxygen atoms in total. The van der Waals surface area contributed by atoms with Crippen LogP contribution in [0.25, 0.3) is 11.3 Å². The average molecular weight is 482 g/mol. The lowest BCUT2D eigenvalue weighted by Gasteiger charge is -2.34. The molecule has 0 spiro atoms. The Balaban J connectivity index is 1.44. The van der Waals surface area contributed by atoms with Crippen LogP contribution in [0.3, 0.4) is 0 Å². The van der Waals surface area contributed by atoms with Gasteiger partial charge in [0, 0.05) is 17.5 Å². The molecular formula is C23H19N3O3S3. The lowest BCUT2D eigenvalue weighted by molar-refractivity contribution is -0.120. The summed E-state index contributed by atoms with van der Waals surface area (Å²) < 4.78 is 28.3. The Bertz CT molecular complexity index is 1350. The molecule has 1 aliphatic heterocycles. The van der Waals surface area contributed by atoms with E-state index in [9.17, 15) is 13.2 Å². The fourth-order valence-corrected chi connectivity index (χ4v) is 7.17. The van der Waals surface area contributed by atoms with Crippen LogP contribution in [0.4, 0.5) is 5.13 Å². The molecule has 9 heteroatoms. The SMILES string of the molecule is O=C(Nc1nc(-c2ccccc2)cs1)[C@@H]1Cc2ccccc2CN1S(=O)(=O)c1cccs1. The number of thiophene rings is 1. The zero-order valence-corrected chi connectivity index (χ0v) is 19.3. The van der Waals surface area contributed by atoms with Crippen LogP contribution in [0, 0.1) is 0 Å². The summed E-state index contributed by atoms with van der Waals surface area (Å²) in [6.07, 6.45) is 0.309. The molecule has 1 atom stereocenters. The first-order valence-corrected chi connectivity index (χ1v) is 13.2. The first-order chi connectivity index (χ1) is 15.5. The molecule has 5 rings (SSSR count). The minimum atomic E-state index is -3.81. The number of rotatable bonds is 5. The van der Waals surface area contributed by atoms with Crippen molar-refractivity contribution in [1.82, 2.24) is 9.29 Å². The fraction of sp³-hybridized carbons (Fsp3) is 0.130. The minimum Gasteiger partial charge on any atom is -0.301 e. The van der Waals surface area contributed by atoms with E-state index in [1.807, 2.05) is 60.0 Å². The normalized spacial score (nSPS) is 16.4. The van der Waals surface area contributed by atoms with E-state index < -0.39 is 16.1 Å². The maximum atomic E-state index is 13.4. The molecule has 1 amide bonds. The van der Waals surface area contributed by atoms with E-state index in [4.69, 9.17) is 0 Å². The highest BCUT2D eigenvalue weighted by molar-refractivity contribution is 7.91. The highest BCUT2D eigenvalue weighted by atomic mass is 32.2. The molecule has 0 saturated heterocycles. The van der Waals surface area contributed by atoms with Gasteiger partial charge in [-0.1, -0.05) is 60.7 Å². The second-order valence-electron chi connectivity index (χ2n) is 7.36. The Kier molecular flexibility index (Phi) is 5.64. The van der Waals surface area contributed by atoms with Crippen LogP contribution in [-0.4, -0.2) is 29.7 Å². The number of benzene rings is 2. The number of carbonyl (C=O) groups excluding carboxylic acids is 1. The van der Waals surface area contributed by atoms with Gasteiger partial charge in [-0.05, 0) is 29.0 Å². The third-order valence-electron chi connectivity index (χ3n) is 5.37. The topological polar surface area (TPSA) is 79.4 Å². The molecule has 4 aromatic rings. The second-order valence-corrected chi connectivity index (χ2v) is 11.3. The van der Waals surface area contributed by atoms with E-state index in [-0.39, 0.29) is 16.7 Å². The fourth-order valence-electron chi connectivity index (χ4n) is 3.76. The molecule has 2 aromatic carbocycles. The lowest BCUT2D eigenvalue weighted by atomic mass is 9.95. The van der Waals surface area contributed by atoms with Crippen LogP contribution in [0.15, 0.2) is 81.7 Å². The van der Waals surface area contributed by atoms with E-state index >= 15 is 0 Å². The molecule has 32 heavy (non-hydrogen) atoms. The third-order valence-corrected chi connectivity index (χ3v) is 9.36. The molecule has 2 aromatic heterocycles. The maximum absolute atomic E-state index is 13.4.